The summed E-state index contributed by atoms with van der Waals surface area (Å²) in [7, 11) is 0. The number of hydrogen-bond acceptors (Lipinski definition) is 3. The Morgan fingerprint density at radius 2 is 2.00 bits per heavy atom. The molecule has 128 valence electrons. The largest absolute Gasteiger partial charge is 0.327 e. The second-order valence-corrected chi connectivity index (χ2v) is 7.60. The Morgan fingerprint density at radius 1 is 1.16 bits per heavy atom. The normalized spacial score (nSPS) is 26.2. The van der Waals surface area contributed by atoms with Gasteiger partial charge >= 0.3 is 0 Å². The van der Waals surface area contributed by atoms with Crippen LogP contribution in [0.15, 0.2) is 42.5 Å². The van der Waals surface area contributed by atoms with Crippen molar-refractivity contribution < 1.29 is 0 Å². The first kappa shape index (κ1) is 16.6. The Kier molecular flexibility index (Phi) is 4.52. The van der Waals surface area contributed by atoms with Gasteiger partial charge in [-0.05, 0) is 54.6 Å². The third kappa shape index (κ3) is 3.06. The van der Waals surface area contributed by atoms with Gasteiger partial charge in [0.1, 0.15) is 0 Å². The summed E-state index contributed by atoms with van der Waals surface area (Å²) in [5.74, 6) is 0.238. The van der Waals surface area contributed by atoms with Crippen LogP contribution in [0.25, 0.3) is 0 Å². The van der Waals surface area contributed by atoms with E-state index in [0.29, 0.717) is 16.6 Å². The van der Waals surface area contributed by atoms with Crippen LogP contribution < -0.4 is 5.73 Å². The summed E-state index contributed by atoms with van der Waals surface area (Å²) in [5.41, 5.74) is 10.7. The monoisotopic (exact) mass is 351 g/mol. The average Bonchev–Trinajstić information content (AvgIpc) is 3.01. The summed E-state index contributed by atoms with van der Waals surface area (Å²) in [4.78, 5) is 2.55. The number of fused-ring (bicyclic) bond motifs is 1. The van der Waals surface area contributed by atoms with Crippen LogP contribution in [-0.4, -0.2) is 30.1 Å². The molecule has 0 bridgehead atoms. The summed E-state index contributed by atoms with van der Waals surface area (Å²) in [6, 6.07) is 17.2. The van der Waals surface area contributed by atoms with E-state index in [1.165, 1.54) is 11.1 Å². The number of halogens is 1. The van der Waals surface area contributed by atoms with Gasteiger partial charge in [-0.2, -0.15) is 5.26 Å². The number of likely N-dealkylation sites (tertiary alicyclic amines) is 1. The lowest BCUT2D eigenvalue weighted by Crippen LogP contribution is -2.49. The molecule has 1 fully saturated rings. The van der Waals surface area contributed by atoms with Crippen molar-refractivity contribution >= 4 is 11.6 Å². The average molecular weight is 352 g/mol. The third-order valence-electron chi connectivity index (χ3n) is 5.63. The zero-order chi connectivity index (χ0) is 17.4. The summed E-state index contributed by atoms with van der Waals surface area (Å²) in [6.45, 7) is 2.04. The molecule has 0 spiro atoms. The third-order valence-corrected chi connectivity index (χ3v) is 5.95. The number of nitrogens with zero attached hydrogens (tertiary/aromatic N) is 2. The van der Waals surface area contributed by atoms with E-state index in [0.717, 1.165) is 37.9 Å². The van der Waals surface area contributed by atoms with E-state index in [4.69, 9.17) is 22.6 Å². The first-order chi connectivity index (χ1) is 12.2. The molecule has 0 radical (unpaired) electrons. The lowest BCUT2D eigenvalue weighted by molar-refractivity contribution is 0.143. The van der Waals surface area contributed by atoms with E-state index in [1.807, 2.05) is 12.1 Å². The van der Waals surface area contributed by atoms with Gasteiger partial charge in [-0.3, -0.25) is 4.90 Å². The van der Waals surface area contributed by atoms with E-state index in [9.17, 15) is 0 Å². The highest BCUT2D eigenvalue weighted by Crippen LogP contribution is 2.43. The van der Waals surface area contributed by atoms with Crippen LogP contribution in [-0.2, 0) is 6.42 Å². The SMILES string of the molecule is N#Cc1ccc([C@@H]2c3ccccc3C[C@H]2N2CCC[C@@H](N)C2)c(Cl)c1. The predicted octanol–water partition coefficient (Wildman–Crippen LogP) is 3.69. The fraction of sp³-hybridized carbons (Fsp3) is 0.381. The number of hydrogen-bond donors (Lipinski definition) is 1. The minimum Gasteiger partial charge on any atom is -0.327 e. The maximum atomic E-state index is 9.13. The van der Waals surface area contributed by atoms with Crippen molar-refractivity contribution in [1.29, 1.82) is 5.26 Å². The quantitative estimate of drug-likeness (QED) is 0.897. The maximum Gasteiger partial charge on any atom is 0.0992 e. The Labute approximate surface area is 154 Å². The van der Waals surface area contributed by atoms with Gasteiger partial charge in [-0.25, -0.2) is 0 Å². The Hall–Kier alpha value is -1.86. The van der Waals surface area contributed by atoms with Crippen LogP contribution >= 0.6 is 11.6 Å². The van der Waals surface area contributed by atoms with Crippen LogP contribution in [0.1, 0.15) is 41.0 Å². The van der Waals surface area contributed by atoms with Crippen molar-refractivity contribution in [1.82, 2.24) is 4.90 Å². The Morgan fingerprint density at radius 3 is 2.76 bits per heavy atom. The second kappa shape index (κ2) is 6.80. The predicted molar refractivity (Wildman–Crippen MR) is 101 cm³/mol. The molecule has 2 aliphatic rings. The number of piperidine rings is 1. The van der Waals surface area contributed by atoms with Crippen molar-refractivity contribution in [3.05, 3.63) is 69.7 Å². The minimum absolute atomic E-state index is 0.238. The summed E-state index contributed by atoms with van der Waals surface area (Å²) >= 11 is 6.59. The van der Waals surface area contributed by atoms with E-state index in [1.54, 1.807) is 6.07 Å². The lowest BCUT2D eigenvalue weighted by atomic mass is 9.87. The summed E-state index contributed by atoms with van der Waals surface area (Å²) in [5, 5.41) is 9.82. The molecule has 25 heavy (non-hydrogen) atoms. The highest BCUT2D eigenvalue weighted by atomic mass is 35.5. The lowest BCUT2D eigenvalue weighted by Gasteiger charge is -2.38. The molecule has 0 amide bonds. The van der Waals surface area contributed by atoms with Crippen LogP contribution in [0.5, 0.6) is 0 Å². The molecule has 1 heterocycles. The molecule has 2 aromatic carbocycles. The number of benzene rings is 2. The molecular formula is C21H22ClN3. The van der Waals surface area contributed by atoms with E-state index >= 15 is 0 Å². The van der Waals surface area contributed by atoms with E-state index in [-0.39, 0.29) is 12.0 Å². The number of rotatable bonds is 2. The van der Waals surface area contributed by atoms with Gasteiger partial charge in [0.15, 0.2) is 0 Å². The number of nitrogens with two attached hydrogens (primary N) is 1. The molecule has 1 aliphatic heterocycles. The fourth-order valence-corrected chi connectivity index (χ4v) is 4.78. The standard InChI is InChI=1S/C21H22ClN3/c22-19-10-14(12-23)7-8-18(19)21-17-6-2-1-4-15(17)11-20(21)25-9-3-5-16(24)13-25/h1-2,4,6-8,10,16,20-21H,3,5,9,11,13,24H2/t16-,20-,21+/m1/s1. The molecule has 4 rings (SSSR count). The molecule has 0 aromatic heterocycles. The zero-order valence-corrected chi connectivity index (χ0v) is 14.9. The Balaban J connectivity index is 1.76. The molecule has 1 saturated heterocycles. The highest BCUT2D eigenvalue weighted by molar-refractivity contribution is 6.31. The van der Waals surface area contributed by atoms with Gasteiger partial charge in [0.2, 0.25) is 0 Å². The number of nitriles is 1. The highest BCUT2D eigenvalue weighted by Gasteiger charge is 2.39. The topological polar surface area (TPSA) is 53.0 Å². The van der Waals surface area contributed by atoms with Crippen molar-refractivity contribution in [3.8, 4) is 6.07 Å². The van der Waals surface area contributed by atoms with Crippen molar-refractivity contribution in [3.63, 3.8) is 0 Å². The molecule has 3 atom stereocenters. The van der Waals surface area contributed by atoms with Crippen molar-refractivity contribution in [2.75, 3.05) is 13.1 Å². The van der Waals surface area contributed by atoms with Crippen molar-refractivity contribution in [2.45, 2.75) is 37.3 Å². The van der Waals surface area contributed by atoms with Gasteiger partial charge < -0.3 is 5.73 Å². The molecule has 0 unspecified atom stereocenters. The molecule has 2 N–H and O–H groups in total. The molecule has 3 nitrogen and oxygen atoms in total. The molecule has 4 heteroatoms. The zero-order valence-electron chi connectivity index (χ0n) is 14.2. The van der Waals surface area contributed by atoms with Crippen LogP contribution in [0.2, 0.25) is 5.02 Å². The van der Waals surface area contributed by atoms with Crippen LogP contribution in [0, 0.1) is 11.3 Å². The summed E-state index contributed by atoms with van der Waals surface area (Å²) in [6.07, 6.45) is 3.30. The van der Waals surface area contributed by atoms with E-state index in [2.05, 4.69) is 35.2 Å². The maximum absolute atomic E-state index is 9.13. The van der Waals surface area contributed by atoms with E-state index < -0.39 is 0 Å². The van der Waals surface area contributed by atoms with Crippen molar-refractivity contribution in [2.24, 2.45) is 5.73 Å². The van der Waals surface area contributed by atoms with Gasteiger partial charge in [-0.1, -0.05) is 41.9 Å². The van der Waals surface area contributed by atoms with Gasteiger partial charge in [0.25, 0.3) is 0 Å². The van der Waals surface area contributed by atoms with Crippen LogP contribution in [0.3, 0.4) is 0 Å². The van der Waals surface area contributed by atoms with Gasteiger partial charge in [0, 0.05) is 29.6 Å². The molecular weight excluding hydrogens is 330 g/mol. The molecule has 1 aliphatic carbocycles. The minimum atomic E-state index is 0.238. The second-order valence-electron chi connectivity index (χ2n) is 7.19. The van der Waals surface area contributed by atoms with Gasteiger partial charge in [0.05, 0.1) is 11.6 Å². The smallest absolute Gasteiger partial charge is 0.0992 e. The summed E-state index contributed by atoms with van der Waals surface area (Å²) < 4.78 is 0. The fourth-order valence-electron chi connectivity index (χ4n) is 4.48. The molecule has 2 aromatic rings. The molecule has 0 saturated carbocycles. The first-order valence-corrected chi connectivity index (χ1v) is 9.32. The van der Waals surface area contributed by atoms with Gasteiger partial charge in [-0.15, -0.1) is 0 Å². The Bertz CT molecular complexity index is 826. The first-order valence-electron chi connectivity index (χ1n) is 8.94. The van der Waals surface area contributed by atoms with Crippen LogP contribution in [0.4, 0.5) is 0 Å².